The molecule has 12 nitrogen and oxygen atoms in total. The van der Waals surface area contributed by atoms with E-state index in [0.29, 0.717) is 0 Å². The van der Waals surface area contributed by atoms with Crippen molar-refractivity contribution in [2.45, 2.75) is 18.1 Å². The topological polar surface area (TPSA) is 175 Å². The Morgan fingerprint density at radius 3 is 2.96 bits per heavy atom. The third kappa shape index (κ3) is 3.23. The first-order valence-electron chi connectivity index (χ1n) is 7.56. The number of aromatic nitrogens is 4. The molecule has 4 unspecified atom stereocenters. The second-order valence-corrected chi connectivity index (χ2v) is 7.62. The minimum Gasteiger partial charge on any atom is -0.384 e. The highest BCUT2D eigenvalue weighted by Gasteiger charge is 2.51. The van der Waals surface area contributed by atoms with Gasteiger partial charge in [-0.25, -0.2) is 4.98 Å². The van der Waals surface area contributed by atoms with E-state index in [9.17, 15) is 19.4 Å². The summed E-state index contributed by atoms with van der Waals surface area (Å²) in [6.45, 7) is 7.31. The number of ether oxygens (including phenoxy) is 2. The summed E-state index contributed by atoms with van der Waals surface area (Å²) in [6.07, 6.45) is -0.803. The normalized spacial score (nSPS) is 27.7. The van der Waals surface area contributed by atoms with E-state index in [1.807, 2.05) is 0 Å². The van der Waals surface area contributed by atoms with Crippen LogP contribution < -0.4 is 11.3 Å². The number of aliphatic hydroxyl groups is 1. The Balaban J connectivity index is 1.99. The van der Waals surface area contributed by atoms with E-state index in [4.69, 9.17) is 15.2 Å². The highest BCUT2D eigenvalue weighted by molar-refractivity contribution is 7.52. The van der Waals surface area contributed by atoms with Crippen LogP contribution in [0.4, 0.5) is 5.95 Å². The molecule has 1 aliphatic rings. The summed E-state index contributed by atoms with van der Waals surface area (Å²) in [4.78, 5) is 31.7. The van der Waals surface area contributed by atoms with Crippen LogP contribution >= 0.6 is 7.60 Å². The number of nitrogens with two attached hydrogens (primary N) is 1. The van der Waals surface area contributed by atoms with Crippen LogP contribution in [-0.2, 0) is 18.6 Å². The first kappa shape index (κ1) is 19.4. The third-order valence-corrected chi connectivity index (χ3v) is 5.12. The lowest BCUT2D eigenvalue weighted by Gasteiger charge is -2.27. The van der Waals surface area contributed by atoms with Gasteiger partial charge in [0.2, 0.25) is 11.7 Å². The predicted octanol–water partition coefficient (Wildman–Crippen LogP) is -0.164. The minimum atomic E-state index is -4.03. The van der Waals surface area contributed by atoms with Gasteiger partial charge in [-0.15, -0.1) is 0 Å². The molecule has 0 aliphatic carbocycles. The van der Waals surface area contributed by atoms with Crippen LogP contribution in [0.1, 0.15) is 6.23 Å². The second kappa shape index (κ2) is 6.68. The van der Waals surface area contributed by atoms with E-state index in [2.05, 4.69) is 32.6 Å². The number of fused-ring (bicyclic) bond motifs is 1. The number of H-pyrrole nitrogens is 1. The van der Waals surface area contributed by atoms with Crippen molar-refractivity contribution in [3.8, 4) is 0 Å². The van der Waals surface area contributed by atoms with Gasteiger partial charge in [-0.1, -0.05) is 13.2 Å². The average molecular weight is 399 g/mol. The Morgan fingerprint density at radius 2 is 2.33 bits per heavy atom. The summed E-state index contributed by atoms with van der Waals surface area (Å²) in [5.41, 5.74) is 5.08. The molecule has 4 atom stereocenters. The Labute approximate surface area is 152 Å². The standard InChI is InChI=1S/C14H18N5O7P/c1-4-14(25-6-27(22,23)24-3)7(2)9(20)12(26-14)19-5-16-8-10(19)17-13(15)18-11(8)21/h4-5,9,12,20H,1-2,6H2,3H3,(H,22,23)(H3,15,17,18,21). The molecule has 1 saturated heterocycles. The molecule has 1 aliphatic heterocycles. The van der Waals surface area contributed by atoms with Gasteiger partial charge >= 0.3 is 7.60 Å². The summed E-state index contributed by atoms with van der Waals surface area (Å²) >= 11 is 0. The highest BCUT2D eigenvalue weighted by atomic mass is 31.2. The van der Waals surface area contributed by atoms with Gasteiger partial charge in [0.25, 0.3) is 5.56 Å². The predicted molar refractivity (Wildman–Crippen MR) is 93.5 cm³/mol. The van der Waals surface area contributed by atoms with Crippen molar-refractivity contribution in [2.24, 2.45) is 0 Å². The summed E-state index contributed by atoms with van der Waals surface area (Å²) in [5.74, 6) is -1.92. The molecular formula is C14H18N5O7P. The molecule has 146 valence electrons. The van der Waals surface area contributed by atoms with E-state index >= 15 is 0 Å². The second-order valence-electron chi connectivity index (χ2n) is 5.72. The Morgan fingerprint density at radius 1 is 1.63 bits per heavy atom. The first-order valence-corrected chi connectivity index (χ1v) is 9.33. The highest BCUT2D eigenvalue weighted by Crippen LogP contribution is 2.47. The molecule has 3 heterocycles. The fourth-order valence-corrected chi connectivity index (χ4v) is 3.09. The number of hydrogen-bond acceptors (Lipinski definition) is 9. The number of hydrogen-bond donors (Lipinski definition) is 4. The lowest BCUT2D eigenvalue weighted by atomic mass is 10.0. The fourth-order valence-electron chi connectivity index (χ4n) is 2.63. The van der Waals surface area contributed by atoms with Gasteiger partial charge < -0.3 is 29.7 Å². The summed E-state index contributed by atoms with van der Waals surface area (Å²) in [5, 5.41) is 10.6. The van der Waals surface area contributed by atoms with Gasteiger partial charge in [0.1, 0.15) is 6.10 Å². The monoisotopic (exact) mass is 399 g/mol. The van der Waals surface area contributed by atoms with Crippen molar-refractivity contribution in [3.63, 3.8) is 0 Å². The van der Waals surface area contributed by atoms with Gasteiger partial charge in [-0.05, 0) is 6.08 Å². The van der Waals surface area contributed by atoms with Crippen molar-refractivity contribution in [2.75, 3.05) is 19.2 Å². The Hall–Kier alpha value is -2.34. The maximum atomic E-state index is 11.9. The third-order valence-electron chi connectivity index (χ3n) is 4.09. The molecule has 0 radical (unpaired) electrons. The van der Waals surface area contributed by atoms with Crippen LogP contribution in [0.3, 0.4) is 0 Å². The number of nitrogen functional groups attached to an aromatic ring is 1. The molecule has 2 aromatic rings. The lowest BCUT2D eigenvalue weighted by Crippen LogP contribution is -2.32. The number of anilines is 1. The Bertz CT molecular complexity index is 1020. The van der Waals surface area contributed by atoms with Crippen molar-refractivity contribution in [1.29, 1.82) is 0 Å². The molecule has 0 bridgehead atoms. The van der Waals surface area contributed by atoms with E-state index < -0.39 is 37.6 Å². The van der Waals surface area contributed by atoms with Gasteiger partial charge in [0, 0.05) is 12.7 Å². The van der Waals surface area contributed by atoms with Gasteiger partial charge in [0.05, 0.1) is 6.33 Å². The zero-order valence-corrected chi connectivity index (χ0v) is 15.1. The number of aromatic amines is 1. The summed E-state index contributed by atoms with van der Waals surface area (Å²) < 4.78 is 28.6. The summed E-state index contributed by atoms with van der Waals surface area (Å²) in [7, 11) is -2.97. The van der Waals surface area contributed by atoms with E-state index in [0.717, 1.165) is 7.11 Å². The smallest absolute Gasteiger partial charge is 0.353 e. The molecule has 0 spiro atoms. The molecule has 0 amide bonds. The minimum absolute atomic E-state index is 0.0122. The van der Waals surface area contributed by atoms with E-state index in [1.54, 1.807) is 0 Å². The average Bonchev–Trinajstić information content (AvgIpc) is 3.15. The molecule has 1 fully saturated rings. The van der Waals surface area contributed by atoms with Gasteiger partial charge in [0.15, 0.2) is 23.7 Å². The zero-order valence-electron chi connectivity index (χ0n) is 14.2. The Kier molecular flexibility index (Phi) is 4.80. The van der Waals surface area contributed by atoms with Crippen molar-refractivity contribution in [3.05, 3.63) is 41.5 Å². The molecular weight excluding hydrogens is 381 g/mol. The van der Waals surface area contributed by atoms with Crippen molar-refractivity contribution >= 4 is 24.7 Å². The fraction of sp³-hybridized carbons (Fsp3) is 0.357. The largest absolute Gasteiger partial charge is 0.384 e. The van der Waals surface area contributed by atoms with Crippen molar-refractivity contribution < 1.29 is 28.6 Å². The van der Waals surface area contributed by atoms with Crippen molar-refractivity contribution in [1.82, 2.24) is 19.5 Å². The molecule has 0 aromatic carbocycles. The van der Waals surface area contributed by atoms with E-state index in [1.165, 1.54) is 17.0 Å². The molecule has 27 heavy (non-hydrogen) atoms. The maximum absolute atomic E-state index is 11.9. The molecule has 3 rings (SSSR count). The molecule has 2 aromatic heterocycles. The van der Waals surface area contributed by atoms with Crippen LogP contribution in [0.15, 0.2) is 35.9 Å². The van der Waals surface area contributed by atoms with Crippen LogP contribution in [0.5, 0.6) is 0 Å². The number of imidazole rings is 1. The lowest BCUT2D eigenvalue weighted by molar-refractivity contribution is -0.189. The van der Waals surface area contributed by atoms with Crippen LogP contribution in [0.25, 0.3) is 11.2 Å². The van der Waals surface area contributed by atoms with E-state index in [-0.39, 0.29) is 22.7 Å². The number of nitrogens with one attached hydrogen (secondary N) is 1. The van der Waals surface area contributed by atoms with Crippen LogP contribution in [-0.4, -0.2) is 54.9 Å². The SMILES string of the molecule is C=CC1(OCP(=O)(O)OC)OC(n2cnc3c(=O)[nH]c(N)nc32)C(O)C1=C. The van der Waals surface area contributed by atoms with Crippen LogP contribution in [0.2, 0.25) is 0 Å². The number of rotatable bonds is 6. The summed E-state index contributed by atoms with van der Waals surface area (Å²) in [6, 6.07) is 0. The van der Waals surface area contributed by atoms with Gasteiger partial charge in [-0.2, -0.15) is 4.98 Å². The quantitative estimate of drug-likeness (QED) is 0.377. The molecule has 0 saturated carbocycles. The van der Waals surface area contributed by atoms with Crippen LogP contribution in [0, 0.1) is 0 Å². The maximum Gasteiger partial charge on any atom is 0.353 e. The first-order chi connectivity index (χ1) is 12.6. The molecule has 13 heteroatoms. The number of nitrogens with zero attached hydrogens (tertiary/aromatic N) is 3. The molecule has 5 N–H and O–H groups in total. The number of aliphatic hydroxyl groups excluding tert-OH is 1. The zero-order chi connectivity index (χ0) is 20.0. The van der Waals surface area contributed by atoms with Gasteiger partial charge in [-0.3, -0.25) is 18.9 Å².